The van der Waals surface area contributed by atoms with Crippen LogP contribution in [0.1, 0.15) is 46.2 Å². The zero-order valence-electron chi connectivity index (χ0n) is 16.9. The van der Waals surface area contributed by atoms with Crippen molar-refractivity contribution in [3.8, 4) is 11.5 Å². The van der Waals surface area contributed by atoms with Crippen molar-refractivity contribution < 1.29 is 19.1 Å². The number of nitrogens with one attached hydrogen (secondary N) is 2. The molecule has 0 unspecified atom stereocenters. The number of amides is 2. The normalized spacial score (nSPS) is 14.6. The number of carbonyl (C=O) groups is 2. The number of fused-ring (bicyclic) bond motifs is 1. The minimum Gasteiger partial charge on any atom is -0.486 e. The van der Waals surface area contributed by atoms with Gasteiger partial charge in [-0.05, 0) is 51.9 Å². The third-order valence-corrected chi connectivity index (χ3v) is 4.14. The van der Waals surface area contributed by atoms with Gasteiger partial charge in [0, 0.05) is 5.54 Å². The van der Waals surface area contributed by atoms with Crippen LogP contribution in [0.4, 0.5) is 0 Å². The molecule has 0 spiro atoms. The van der Waals surface area contributed by atoms with E-state index in [-0.39, 0.29) is 36.5 Å². The van der Waals surface area contributed by atoms with Crippen LogP contribution in [0.3, 0.4) is 0 Å². The third kappa shape index (κ3) is 6.75. The molecular weight excluding hydrogens is 346 g/mol. The van der Waals surface area contributed by atoms with Gasteiger partial charge < -0.3 is 20.1 Å². The quantitative estimate of drug-likeness (QED) is 0.758. The summed E-state index contributed by atoms with van der Waals surface area (Å²) in [6, 6.07) is 5.51. The number of hydrogen-bond acceptors (Lipinski definition) is 5. The van der Waals surface area contributed by atoms with Crippen LogP contribution in [0.25, 0.3) is 0 Å². The fraction of sp³-hybridized carbons (Fsp3) is 0.600. The molecule has 0 aliphatic carbocycles. The summed E-state index contributed by atoms with van der Waals surface area (Å²) in [6.45, 7) is 11.7. The first-order valence-corrected chi connectivity index (χ1v) is 9.40. The molecule has 0 fully saturated rings. The Morgan fingerprint density at radius 2 is 1.74 bits per heavy atom. The molecule has 0 aromatic heterocycles. The first kappa shape index (κ1) is 21.0. The van der Waals surface area contributed by atoms with Crippen LogP contribution in [0.15, 0.2) is 18.2 Å². The number of benzene rings is 1. The first-order chi connectivity index (χ1) is 12.7. The molecule has 1 heterocycles. The van der Waals surface area contributed by atoms with E-state index in [0.717, 1.165) is 11.3 Å². The number of ether oxygens (including phenoxy) is 2. The highest BCUT2D eigenvalue weighted by molar-refractivity contribution is 5.81. The molecule has 7 heteroatoms. The van der Waals surface area contributed by atoms with Crippen LogP contribution in [-0.2, 0) is 9.59 Å². The Bertz CT molecular complexity index is 670. The van der Waals surface area contributed by atoms with Crippen molar-refractivity contribution in [2.24, 2.45) is 0 Å². The molecule has 1 aliphatic rings. The molecule has 2 N–H and O–H groups in total. The molecule has 0 radical (unpaired) electrons. The lowest BCUT2D eigenvalue weighted by Gasteiger charge is -2.25. The zero-order valence-corrected chi connectivity index (χ0v) is 16.9. The maximum absolute atomic E-state index is 12.4. The van der Waals surface area contributed by atoms with E-state index in [1.165, 1.54) is 0 Å². The Morgan fingerprint density at radius 3 is 2.37 bits per heavy atom. The van der Waals surface area contributed by atoms with Crippen LogP contribution in [0.2, 0.25) is 0 Å². The lowest BCUT2D eigenvalue weighted by Crippen LogP contribution is -2.48. The Hall–Kier alpha value is -2.28. The van der Waals surface area contributed by atoms with E-state index in [1.807, 2.05) is 57.7 Å². The summed E-state index contributed by atoms with van der Waals surface area (Å²) in [5.41, 5.74) is 0.659. The zero-order chi connectivity index (χ0) is 20.0. The number of nitrogens with zero attached hydrogens (tertiary/aromatic N) is 1. The molecule has 2 amide bonds. The van der Waals surface area contributed by atoms with Gasteiger partial charge in [0.05, 0.1) is 19.1 Å². The van der Waals surface area contributed by atoms with Crippen LogP contribution < -0.4 is 20.1 Å². The van der Waals surface area contributed by atoms with Crippen molar-refractivity contribution >= 4 is 11.8 Å². The standard InChI is InChI=1S/C20H31N3O4/c1-6-23(13-19(25)22-20(3,4)5)12-18(24)21-14(2)15-7-8-16-17(11-15)27-10-9-26-16/h7-8,11,14H,6,9-10,12-13H2,1-5H3,(H,21,24)(H,22,25)/t14-/m0/s1. The maximum atomic E-state index is 12.4. The van der Waals surface area contributed by atoms with Gasteiger partial charge in [-0.1, -0.05) is 13.0 Å². The lowest BCUT2D eigenvalue weighted by molar-refractivity contribution is -0.126. The van der Waals surface area contributed by atoms with Crippen molar-refractivity contribution in [2.75, 3.05) is 32.8 Å². The smallest absolute Gasteiger partial charge is 0.234 e. The van der Waals surface area contributed by atoms with E-state index >= 15 is 0 Å². The molecule has 0 saturated carbocycles. The molecule has 7 nitrogen and oxygen atoms in total. The molecule has 0 saturated heterocycles. The van der Waals surface area contributed by atoms with Crippen LogP contribution in [0.5, 0.6) is 11.5 Å². The van der Waals surface area contributed by atoms with Crippen LogP contribution >= 0.6 is 0 Å². The SMILES string of the molecule is CCN(CC(=O)N[C@@H](C)c1ccc2c(c1)OCCO2)CC(=O)NC(C)(C)C. The predicted octanol–water partition coefficient (Wildman–Crippen LogP) is 1.87. The predicted molar refractivity (Wildman–Crippen MR) is 104 cm³/mol. The summed E-state index contributed by atoms with van der Waals surface area (Å²) in [4.78, 5) is 26.3. The Kier molecular flexibility index (Phi) is 7.07. The van der Waals surface area contributed by atoms with E-state index in [9.17, 15) is 9.59 Å². The molecule has 1 aromatic rings. The van der Waals surface area contributed by atoms with E-state index in [1.54, 1.807) is 0 Å². The van der Waals surface area contributed by atoms with Gasteiger partial charge in [-0.3, -0.25) is 14.5 Å². The molecule has 2 rings (SSSR count). The van der Waals surface area contributed by atoms with E-state index in [4.69, 9.17) is 9.47 Å². The van der Waals surface area contributed by atoms with Gasteiger partial charge in [-0.15, -0.1) is 0 Å². The van der Waals surface area contributed by atoms with E-state index in [0.29, 0.717) is 25.5 Å². The Balaban J connectivity index is 1.88. The maximum Gasteiger partial charge on any atom is 0.234 e. The van der Waals surface area contributed by atoms with Crippen LogP contribution in [-0.4, -0.2) is 55.1 Å². The molecular formula is C20H31N3O4. The van der Waals surface area contributed by atoms with Crippen molar-refractivity contribution in [3.05, 3.63) is 23.8 Å². The van der Waals surface area contributed by atoms with E-state index < -0.39 is 0 Å². The minimum atomic E-state index is -0.286. The molecule has 150 valence electrons. The summed E-state index contributed by atoms with van der Waals surface area (Å²) in [6.07, 6.45) is 0. The van der Waals surface area contributed by atoms with Crippen molar-refractivity contribution in [1.82, 2.24) is 15.5 Å². The van der Waals surface area contributed by atoms with Gasteiger partial charge in [0.25, 0.3) is 0 Å². The second-order valence-electron chi connectivity index (χ2n) is 7.79. The van der Waals surface area contributed by atoms with Crippen molar-refractivity contribution in [1.29, 1.82) is 0 Å². The lowest BCUT2D eigenvalue weighted by atomic mass is 10.1. The van der Waals surface area contributed by atoms with Gasteiger partial charge in [0.1, 0.15) is 13.2 Å². The largest absolute Gasteiger partial charge is 0.486 e. The summed E-state index contributed by atoms with van der Waals surface area (Å²) in [7, 11) is 0. The summed E-state index contributed by atoms with van der Waals surface area (Å²) in [5.74, 6) is 1.22. The van der Waals surface area contributed by atoms with Gasteiger partial charge in [-0.25, -0.2) is 0 Å². The van der Waals surface area contributed by atoms with E-state index in [2.05, 4.69) is 10.6 Å². The summed E-state index contributed by atoms with van der Waals surface area (Å²) < 4.78 is 11.1. The number of hydrogen-bond donors (Lipinski definition) is 2. The molecule has 1 aromatic carbocycles. The number of carbonyl (C=O) groups excluding carboxylic acids is 2. The third-order valence-electron chi connectivity index (χ3n) is 4.14. The molecule has 27 heavy (non-hydrogen) atoms. The number of rotatable bonds is 7. The fourth-order valence-corrected chi connectivity index (χ4v) is 2.84. The summed E-state index contributed by atoms with van der Waals surface area (Å²) in [5, 5.41) is 5.90. The van der Waals surface area contributed by atoms with Gasteiger partial charge in [0.2, 0.25) is 11.8 Å². The topological polar surface area (TPSA) is 79.9 Å². The monoisotopic (exact) mass is 377 g/mol. The minimum absolute atomic E-state index is 0.0861. The second-order valence-corrected chi connectivity index (χ2v) is 7.79. The van der Waals surface area contributed by atoms with Gasteiger partial charge in [-0.2, -0.15) is 0 Å². The molecule has 1 aliphatic heterocycles. The first-order valence-electron chi connectivity index (χ1n) is 9.40. The number of likely N-dealkylation sites (N-methyl/N-ethyl adjacent to an activating group) is 1. The van der Waals surface area contributed by atoms with Gasteiger partial charge >= 0.3 is 0 Å². The summed E-state index contributed by atoms with van der Waals surface area (Å²) >= 11 is 0. The highest BCUT2D eigenvalue weighted by atomic mass is 16.6. The Labute approximate surface area is 161 Å². The average molecular weight is 377 g/mol. The molecule has 1 atom stereocenters. The average Bonchev–Trinajstić information content (AvgIpc) is 2.58. The van der Waals surface area contributed by atoms with Gasteiger partial charge in [0.15, 0.2) is 11.5 Å². The second kappa shape index (κ2) is 9.08. The highest BCUT2D eigenvalue weighted by Gasteiger charge is 2.19. The van der Waals surface area contributed by atoms with Crippen molar-refractivity contribution in [3.63, 3.8) is 0 Å². The highest BCUT2D eigenvalue weighted by Crippen LogP contribution is 2.32. The Morgan fingerprint density at radius 1 is 1.11 bits per heavy atom. The molecule has 0 bridgehead atoms. The van der Waals surface area contributed by atoms with Crippen molar-refractivity contribution in [2.45, 2.75) is 46.2 Å². The van der Waals surface area contributed by atoms with Crippen LogP contribution in [0, 0.1) is 0 Å². The fourth-order valence-electron chi connectivity index (χ4n) is 2.84.